The van der Waals surface area contributed by atoms with Gasteiger partial charge in [-0.25, -0.2) is 4.79 Å². The molecule has 0 aliphatic rings. The van der Waals surface area contributed by atoms with Gasteiger partial charge < -0.3 is 10.2 Å². The van der Waals surface area contributed by atoms with Crippen LogP contribution in [0, 0.1) is 11.3 Å². The molecule has 0 aliphatic carbocycles. The lowest BCUT2D eigenvalue weighted by molar-refractivity contribution is 0.0693. The fourth-order valence-corrected chi connectivity index (χ4v) is 1.47. The number of aliphatic hydroxyl groups is 1. The first-order valence-corrected chi connectivity index (χ1v) is 4.46. The van der Waals surface area contributed by atoms with Gasteiger partial charge in [-0.05, 0) is 33.6 Å². The van der Waals surface area contributed by atoms with Crippen LogP contribution in [0.4, 0.5) is 0 Å². The Labute approximate surface area is 88.5 Å². The van der Waals surface area contributed by atoms with Crippen molar-refractivity contribution in [1.29, 1.82) is 5.26 Å². The van der Waals surface area contributed by atoms with Gasteiger partial charge in [-0.1, -0.05) is 0 Å². The highest BCUT2D eigenvalue weighted by Gasteiger charge is 2.12. The molecule has 0 radical (unpaired) electrons. The Morgan fingerprint density at radius 1 is 1.57 bits per heavy atom. The van der Waals surface area contributed by atoms with Gasteiger partial charge in [0, 0.05) is 4.47 Å². The number of nitrogens with zero attached hydrogens (tertiary/aromatic N) is 1. The average Bonchev–Trinajstić information content (AvgIpc) is 2.17. The molecule has 1 rings (SSSR count). The maximum absolute atomic E-state index is 10.7. The highest BCUT2D eigenvalue weighted by atomic mass is 79.9. The molecular weight excluding hydrogens is 250 g/mol. The highest BCUT2D eigenvalue weighted by molar-refractivity contribution is 9.10. The molecule has 5 heteroatoms. The molecule has 0 fully saturated rings. The third-order valence-corrected chi connectivity index (χ3v) is 2.37. The normalized spacial score (nSPS) is 9.50. The highest BCUT2D eigenvalue weighted by Crippen LogP contribution is 2.21. The SMILES string of the molecule is N#Cc1cc(CO)c(C(=O)O)cc1Br. The van der Waals surface area contributed by atoms with E-state index in [0.29, 0.717) is 10.0 Å². The number of rotatable bonds is 2. The maximum Gasteiger partial charge on any atom is 0.336 e. The minimum Gasteiger partial charge on any atom is -0.478 e. The van der Waals surface area contributed by atoms with Crippen LogP contribution in [-0.4, -0.2) is 16.2 Å². The summed E-state index contributed by atoms with van der Waals surface area (Å²) < 4.78 is 0.412. The van der Waals surface area contributed by atoms with Crippen molar-refractivity contribution in [2.45, 2.75) is 6.61 Å². The fraction of sp³-hybridized carbons (Fsp3) is 0.111. The summed E-state index contributed by atoms with van der Waals surface area (Å²) in [6.07, 6.45) is 0. The molecule has 72 valence electrons. The van der Waals surface area contributed by atoms with Crippen molar-refractivity contribution < 1.29 is 15.0 Å². The van der Waals surface area contributed by atoms with E-state index < -0.39 is 12.6 Å². The third-order valence-electron chi connectivity index (χ3n) is 1.71. The lowest BCUT2D eigenvalue weighted by Crippen LogP contribution is -2.03. The second kappa shape index (κ2) is 4.22. The number of halogens is 1. The van der Waals surface area contributed by atoms with Crippen molar-refractivity contribution in [2.24, 2.45) is 0 Å². The van der Waals surface area contributed by atoms with Crippen LogP contribution in [0.25, 0.3) is 0 Å². The summed E-state index contributed by atoms with van der Waals surface area (Å²) in [5.41, 5.74) is 0.537. The lowest BCUT2D eigenvalue weighted by Gasteiger charge is -2.04. The Morgan fingerprint density at radius 3 is 2.64 bits per heavy atom. The maximum atomic E-state index is 10.7. The Morgan fingerprint density at radius 2 is 2.21 bits per heavy atom. The average molecular weight is 256 g/mol. The number of carboxylic acids is 1. The van der Waals surface area contributed by atoms with Crippen molar-refractivity contribution in [3.63, 3.8) is 0 Å². The zero-order valence-electron chi connectivity index (χ0n) is 6.99. The zero-order valence-corrected chi connectivity index (χ0v) is 8.58. The van der Waals surface area contributed by atoms with Crippen LogP contribution in [0.2, 0.25) is 0 Å². The number of carbonyl (C=O) groups is 1. The molecule has 4 nitrogen and oxygen atoms in total. The molecular formula is C9H6BrNO3. The number of aliphatic hydroxyl groups excluding tert-OH is 1. The second-order valence-electron chi connectivity index (χ2n) is 2.56. The van der Waals surface area contributed by atoms with E-state index in [1.807, 2.05) is 6.07 Å². The summed E-state index contributed by atoms with van der Waals surface area (Å²) in [5.74, 6) is -1.13. The minimum atomic E-state index is -1.13. The number of aromatic carboxylic acids is 1. The molecule has 0 saturated heterocycles. The summed E-state index contributed by atoms with van der Waals surface area (Å²) in [6, 6.07) is 4.55. The largest absolute Gasteiger partial charge is 0.478 e. The van der Waals surface area contributed by atoms with Crippen molar-refractivity contribution >= 4 is 21.9 Å². The number of carboxylic acid groups (broad SMARTS) is 1. The lowest BCUT2D eigenvalue weighted by atomic mass is 10.1. The van der Waals surface area contributed by atoms with Gasteiger partial charge in [-0.15, -0.1) is 0 Å². The first kappa shape index (κ1) is 10.7. The molecule has 0 unspecified atom stereocenters. The molecule has 2 N–H and O–H groups in total. The van der Waals surface area contributed by atoms with Gasteiger partial charge in [0.1, 0.15) is 6.07 Å². The van der Waals surface area contributed by atoms with Crippen molar-refractivity contribution in [3.8, 4) is 6.07 Å². The van der Waals surface area contributed by atoms with Gasteiger partial charge in [0.25, 0.3) is 0 Å². The van der Waals surface area contributed by atoms with Gasteiger partial charge in [0.2, 0.25) is 0 Å². The zero-order chi connectivity index (χ0) is 10.7. The van der Waals surface area contributed by atoms with Crippen molar-refractivity contribution in [2.75, 3.05) is 0 Å². The summed E-state index contributed by atoms with van der Waals surface area (Å²) in [5, 5.41) is 26.3. The molecule has 0 atom stereocenters. The van der Waals surface area contributed by atoms with Crippen molar-refractivity contribution in [1.82, 2.24) is 0 Å². The van der Waals surface area contributed by atoms with Gasteiger partial charge in [0.05, 0.1) is 17.7 Å². The van der Waals surface area contributed by atoms with Crippen LogP contribution in [0.3, 0.4) is 0 Å². The van der Waals surface area contributed by atoms with E-state index in [0.717, 1.165) is 0 Å². The van der Waals surface area contributed by atoms with E-state index in [2.05, 4.69) is 15.9 Å². The Balaban J connectivity index is 3.41. The van der Waals surface area contributed by atoms with E-state index in [4.69, 9.17) is 15.5 Å². The first-order chi connectivity index (χ1) is 6.60. The van der Waals surface area contributed by atoms with Gasteiger partial charge >= 0.3 is 5.97 Å². The summed E-state index contributed by atoms with van der Waals surface area (Å²) in [7, 11) is 0. The molecule has 14 heavy (non-hydrogen) atoms. The van der Waals surface area contributed by atoms with Crippen LogP contribution < -0.4 is 0 Å². The van der Waals surface area contributed by atoms with Crippen LogP contribution >= 0.6 is 15.9 Å². The van der Waals surface area contributed by atoms with Crippen LogP contribution in [0.15, 0.2) is 16.6 Å². The van der Waals surface area contributed by atoms with E-state index in [1.54, 1.807) is 0 Å². The van der Waals surface area contributed by atoms with E-state index in [9.17, 15) is 4.79 Å². The monoisotopic (exact) mass is 255 g/mol. The number of hydrogen-bond acceptors (Lipinski definition) is 3. The second-order valence-corrected chi connectivity index (χ2v) is 3.42. The number of nitriles is 1. The number of hydrogen-bond donors (Lipinski definition) is 2. The van der Waals surface area contributed by atoms with Gasteiger partial charge in [0.15, 0.2) is 0 Å². The minimum absolute atomic E-state index is 0.00150. The van der Waals surface area contributed by atoms with Crippen LogP contribution in [-0.2, 0) is 6.61 Å². The quantitative estimate of drug-likeness (QED) is 0.840. The van der Waals surface area contributed by atoms with Gasteiger partial charge in [-0.3, -0.25) is 0 Å². The predicted octanol–water partition coefficient (Wildman–Crippen LogP) is 1.51. The molecule has 0 amide bonds. The third kappa shape index (κ3) is 1.92. The van der Waals surface area contributed by atoms with E-state index in [-0.39, 0.29) is 11.1 Å². The molecule has 0 heterocycles. The topological polar surface area (TPSA) is 81.3 Å². The molecule has 0 spiro atoms. The Kier molecular flexibility index (Phi) is 3.23. The molecule has 0 saturated carbocycles. The molecule has 1 aromatic carbocycles. The van der Waals surface area contributed by atoms with Crippen LogP contribution in [0.1, 0.15) is 21.5 Å². The van der Waals surface area contributed by atoms with Crippen molar-refractivity contribution in [3.05, 3.63) is 33.3 Å². The number of benzene rings is 1. The molecule has 1 aromatic rings. The summed E-state index contributed by atoms with van der Waals surface area (Å²) in [6.45, 7) is -0.399. The predicted molar refractivity (Wildman–Crippen MR) is 51.7 cm³/mol. The Hall–Kier alpha value is -1.38. The van der Waals surface area contributed by atoms with E-state index >= 15 is 0 Å². The summed E-state index contributed by atoms with van der Waals surface area (Å²) >= 11 is 3.07. The Bertz CT molecular complexity index is 423. The standard InChI is InChI=1S/C9H6BrNO3/c10-8-2-7(9(13)14)6(4-12)1-5(8)3-11/h1-2,12H,4H2,(H,13,14). The van der Waals surface area contributed by atoms with Crippen LogP contribution in [0.5, 0.6) is 0 Å². The smallest absolute Gasteiger partial charge is 0.336 e. The van der Waals surface area contributed by atoms with Gasteiger partial charge in [-0.2, -0.15) is 5.26 Å². The molecule has 0 aliphatic heterocycles. The molecule has 0 aromatic heterocycles. The molecule has 0 bridgehead atoms. The fourth-order valence-electron chi connectivity index (χ4n) is 1.03. The summed E-state index contributed by atoms with van der Waals surface area (Å²) in [4.78, 5) is 10.7. The van der Waals surface area contributed by atoms with E-state index in [1.165, 1.54) is 12.1 Å². The first-order valence-electron chi connectivity index (χ1n) is 3.66.